The minimum absolute atomic E-state index is 0.0150. The van der Waals surface area contributed by atoms with Crippen molar-refractivity contribution in [2.24, 2.45) is 0 Å². The Balaban J connectivity index is 1.70. The highest BCUT2D eigenvalue weighted by atomic mass is 32.2. The van der Waals surface area contributed by atoms with Crippen molar-refractivity contribution in [3.63, 3.8) is 0 Å². The Labute approximate surface area is 248 Å². The molecule has 1 fully saturated rings. The molecule has 0 unspecified atom stereocenters. The summed E-state index contributed by atoms with van der Waals surface area (Å²) in [6.45, 7) is 1.54. The molecule has 9 heteroatoms. The lowest BCUT2D eigenvalue weighted by Crippen LogP contribution is -2.55. The van der Waals surface area contributed by atoms with Crippen LogP contribution in [-0.4, -0.2) is 50.0 Å². The van der Waals surface area contributed by atoms with Crippen molar-refractivity contribution in [3.05, 3.63) is 101 Å². The average molecular weight is 594 g/mol. The molecule has 1 atom stereocenters. The van der Waals surface area contributed by atoms with E-state index in [9.17, 15) is 22.4 Å². The molecule has 7 nitrogen and oxygen atoms in total. The number of sulfonamides is 1. The van der Waals surface area contributed by atoms with Crippen LogP contribution >= 0.6 is 0 Å². The zero-order valence-corrected chi connectivity index (χ0v) is 25.2. The quantitative estimate of drug-likeness (QED) is 0.311. The minimum atomic E-state index is -3.84. The zero-order chi connectivity index (χ0) is 30.1. The molecule has 1 aliphatic rings. The molecule has 224 valence electrons. The van der Waals surface area contributed by atoms with Crippen LogP contribution in [0.4, 0.5) is 10.1 Å². The van der Waals surface area contributed by atoms with Crippen LogP contribution in [0.5, 0.6) is 0 Å². The number of aryl methyl sites for hydroxylation is 1. The highest BCUT2D eigenvalue weighted by Gasteiger charge is 2.34. The molecule has 0 saturated heterocycles. The molecule has 0 bridgehead atoms. The van der Waals surface area contributed by atoms with Crippen LogP contribution in [-0.2, 0) is 39.0 Å². The van der Waals surface area contributed by atoms with Crippen molar-refractivity contribution in [1.82, 2.24) is 10.2 Å². The van der Waals surface area contributed by atoms with Gasteiger partial charge in [0.2, 0.25) is 21.8 Å². The summed E-state index contributed by atoms with van der Waals surface area (Å²) in [7, 11) is -3.84. The van der Waals surface area contributed by atoms with Gasteiger partial charge in [-0.15, -0.1) is 0 Å². The Kier molecular flexibility index (Phi) is 10.7. The molecule has 0 radical (unpaired) electrons. The molecule has 4 rings (SSSR count). The lowest BCUT2D eigenvalue weighted by Gasteiger charge is -2.35. The molecule has 0 spiro atoms. The maximum absolute atomic E-state index is 14.2. The summed E-state index contributed by atoms with van der Waals surface area (Å²) < 4.78 is 40.7. The van der Waals surface area contributed by atoms with E-state index in [1.165, 1.54) is 17.0 Å². The zero-order valence-electron chi connectivity index (χ0n) is 24.3. The second kappa shape index (κ2) is 14.4. The van der Waals surface area contributed by atoms with Gasteiger partial charge in [0, 0.05) is 19.0 Å². The summed E-state index contributed by atoms with van der Waals surface area (Å²) in [5.41, 5.74) is 2.91. The number of hydrogen-bond acceptors (Lipinski definition) is 4. The number of hydrogen-bond donors (Lipinski definition) is 1. The third-order valence-electron chi connectivity index (χ3n) is 7.80. The predicted octanol–water partition coefficient (Wildman–Crippen LogP) is 5.24. The Morgan fingerprint density at radius 1 is 0.881 bits per heavy atom. The van der Waals surface area contributed by atoms with Crippen LogP contribution in [0.3, 0.4) is 0 Å². The van der Waals surface area contributed by atoms with Gasteiger partial charge in [0.1, 0.15) is 18.4 Å². The van der Waals surface area contributed by atoms with Gasteiger partial charge >= 0.3 is 0 Å². The van der Waals surface area contributed by atoms with Gasteiger partial charge in [0.05, 0.1) is 11.9 Å². The summed E-state index contributed by atoms with van der Waals surface area (Å²) in [4.78, 5) is 29.5. The molecule has 1 N–H and O–H groups in total. The van der Waals surface area contributed by atoms with E-state index in [1.54, 1.807) is 24.3 Å². The number of halogens is 1. The normalized spacial score (nSPS) is 14.6. The number of nitrogens with one attached hydrogen (secondary N) is 1. The van der Waals surface area contributed by atoms with E-state index in [1.807, 2.05) is 49.4 Å². The van der Waals surface area contributed by atoms with E-state index >= 15 is 0 Å². The van der Waals surface area contributed by atoms with Crippen molar-refractivity contribution >= 4 is 27.5 Å². The summed E-state index contributed by atoms with van der Waals surface area (Å²) in [5.74, 6) is -1.21. The topological polar surface area (TPSA) is 86.8 Å². The van der Waals surface area contributed by atoms with Crippen LogP contribution in [0.15, 0.2) is 78.9 Å². The fourth-order valence-electron chi connectivity index (χ4n) is 5.40. The van der Waals surface area contributed by atoms with E-state index in [2.05, 4.69) is 5.32 Å². The molecule has 0 heterocycles. The second-order valence-corrected chi connectivity index (χ2v) is 12.9. The average Bonchev–Trinajstić information content (AvgIpc) is 2.99. The second-order valence-electron chi connectivity index (χ2n) is 11.0. The first-order chi connectivity index (χ1) is 20.1. The maximum Gasteiger partial charge on any atom is 0.244 e. The van der Waals surface area contributed by atoms with Crippen molar-refractivity contribution in [2.45, 2.75) is 70.5 Å². The SMILES string of the molecule is CCc1ccc(N(CC(=O)N(Cc2ccc(F)cc2)[C@H](Cc2ccccc2)C(=O)NC2CCCCC2)S(C)(=O)=O)cc1. The maximum atomic E-state index is 14.2. The Bertz CT molecular complexity index is 1420. The minimum Gasteiger partial charge on any atom is -0.352 e. The molecule has 0 aliphatic heterocycles. The molecular formula is C33H40FN3O4S. The van der Waals surface area contributed by atoms with Gasteiger partial charge in [-0.3, -0.25) is 13.9 Å². The highest BCUT2D eigenvalue weighted by Crippen LogP contribution is 2.23. The van der Waals surface area contributed by atoms with Crippen LogP contribution < -0.4 is 9.62 Å². The summed E-state index contributed by atoms with van der Waals surface area (Å²) in [5, 5.41) is 3.17. The molecule has 3 aromatic rings. The Hall–Kier alpha value is -3.72. The summed E-state index contributed by atoms with van der Waals surface area (Å²) >= 11 is 0. The largest absolute Gasteiger partial charge is 0.352 e. The number of nitrogens with zero attached hydrogens (tertiary/aromatic N) is 2. The first-order valence-corrected chi connectivity index (χ1v) is 16.4. The van der Waals surface area contributed by atoms with Gasteiger partial charge in [-0.05, 0) is 60.2 Å². The molecule has 42 heavy (non-hydrogen) atoms. The van der Waals surface area contributed by atoms with E-state index in [-0.39, 0.29) is 24.9 Å². The lowest BCUT2D eigenvalue weighted by atomic mass is 9.94. The van der Waals surface area contributed by atoms with Crippen LogP contribution in [0.1, 0.15) is 55.7 Å². The number of rotatable bonds is 12. The van der Waals surface area contributed by atoms with Gasteiger partial charge in [0.25, 0.3) is 0 Å². The Morgan fingerprint density at radius 3 is 2.10 bits per heavy atom. The van der Waals surface area contributed by atoms with E-state index in [0.717, 1.165) is 60.2 Å². The van der Waals surface area contributed by atoms with E-state index < -0.39 is 34.3 Å². The van der Waals surface area contributed by atoms with Gasteiger partial charge in [-0.1, -0.05) is 80.8 Å². The fourth-order valence-corrected chi connectivity index (χ4v) is 6.25. The predicted molar refractivity (Wildman–Crippen MR) is 164 cm³/mol. The van der Waals surface area contributed by atoms with Crippen LogP contribution in [0.2, 0.25) is 0 Å². The van der Waals surface area contributed by atoms with E-state index in [0.29, 0.717) is 11.3 Å². The first kappa shape index (κ1) is 31.2. The molecule has 0 aromatic heterocycles. The summed E-state index contributed by atoms with van der Waals surface area (Å²) in [6.07, 6.45) is 7.07. The van der Waals surface area contributed by atoms with Crippen LogP contribution in [0, 0.1) is 5.82 Å². The third-order valence-corrected chi connectivity index (χ3v) is 8.94. The number of anilines is 1. The van der Waals surface area contributed by atoms with Gasteiger partial charge in [0.15, 0.2) is 0 Å². The van der Waals surface area contributed by atoms with Gasteiger partial charge in [-0.25, -0.2) is 12.8 Å². The third kappa shape index (κ3) is 8.64. The molecule has 3 aromatic carbocycles. The van der Waals surface area contributed by atoms with Crippen molar-refractivity contribution in [3.8, 4) is 0 Å². The van der Waals surface area contributed by atoms with Gasteiger partial charge < -0.3 is 10.2 Å². The highest BCUT2D eigenvalue weighted by molar-refractivity contribution is 7.92. The van der Waals surface area contributed by atoms with E-state index in [4.69, 9.17) is 0 Å². The molecule has 1 saturated carbocycles. The molecular weight excluding hydrogens is 553 g/mol. The monoisotopic (exact) mass is 593 g/mol. The smallest absolute Gasteiger partial charge is 0.244 e. The number of amides is 2. The molecule has 1 aliphatic carbocycles. The standard InChI is InChI=1S/C33H40FN3O4S/c1-3-25-16-20-30(21-17-25)37(42(2,40)41)24-32(38)36(23-27-14-18-28(34)19-15-27)31(22-26-10-6-4-7-11-26)33(39)35-29-12-8-5-9-13-29/h4,6-7,10-11,14-21,29,31H,3,5,8-9,12-13,22-24H2,1-2H3,(H,35,39)/t31-/m1/s1. The number of benzene rings is 3. The molecule has 2 amide bonds. The lowest BCUT2D eigenvalue weighted by molar-refractivity contribution is -0.140. The first-order valence-electron chi connectivity index (χ1n) is 14.6. The van der Waals surface area contributed by atoms with Crippen molar-refractivity contribution in [1.29, 1.82) is 0 Å². The number of carbonyl (C=O) groups excluding carboxylic acids is 2. The Morgan fingerprint density at radius 2 is 1.50 bits per heavy atom. The van der Waals surface area contributed by atoms with Gasteiger partial charge in [-0.2, -0.15) is 0 Å². The number of carbonyl (C=O) groups is 2. The van der Waals surface area contributed by atoms with Crippen molar-refractivity contribution in [2.75, 3.05) is 17.1 Å². The fraction of sp³-hybridized carbons (Fsp3) is 0.394. The van der Waals surface area contributed by atoms with Crippen LogP contribution in [0.25, 0.3) is 0 Å². The van der Waals surface area contributed by atoms with Crippen molar-refractivity contribution < 1.29 is 22.4 Å². The summed E-state index contributed by atoms with van der Waals surface area (Å²) in [6, 6.07) is 21.4.